The topological polar surface area (TPSA) is 35.2 Å². The number of rotatable bonds is 4. The lowest BCUT2D eigenvalue weighted by Gasteiger charge is -2.24. The van der Waals surface area contributed by atoms with E-state index in [4.69, 9.17) is 5.73 Å². The van der Waals surface area contributed by atoms with Gasteiger partial charge in [-0.1, -0.05) is 29.8 Å². The number of hydrogen-bond acceptors (Lipinski definition) is 2. The summed E-state index contributed by atoms with van der Waals surface area (Å²) >= 11 is 0. The minimum atomic E-state index is -5.52. The van der Waals surface area contributed by atoms with Gasteiger partial charge < -0.3 is 10.5 Å². The zero-order chi connectivity index (χ0) is 15.6. The van der Waals surface area contributed by atoms with Gasteiger partial charge in [0.15, 0.2) is 0 Å². The number of halogens is 6. The smallest absolute Gasteiger partial charge is 0.359 e. The van der Waals surface area contributed by atoms with Gasteiger partial charge in [0.1, 0.15) is 0 Å². The van der Waals surface area contributed by atoms with Crippen molar-refractivity contribution in [1.29, 1.82) is 0 Å². The summed E-state index contributed by atoms with van der Waals surface area (Å²) < 4.78 is 77.4. The van der Waals surface area contributed by atoms with E-state index in [1.54, 1.807) is 19.1 Å². The summed E-state index contributed by atoms with van der Waals surface area (Å²) in [5.74, 6) is 0. The van der Waals surface area contributed by atoms with Crippen LogP contribution in [0.25, 0.3) is 0 Å². The van der Waals surface area contributed by atoms with Crippen LogP contribution in [-0.2, 0) is 4.74 Å². The molecule has 0 spiro atoms. The normalized spacial score (nSPS) is 14.7. The Hall–Kier alpha value is -1.28. The summed E-state index contributed by atoms with van der Waals surface area (Å²) in [5, 5.41) is 0. The van der Waals surface area contributed by atoms with E-state index in [1.165, 1.54) is 12.1 Å². The average molecular weight is 301 g/mol. The Morgan fingerprint density at radius 1 is 1.00 bits per heavy atom. The quantitative estimate of drug-likeness (QED) is 0.864. The van der Waals surface area contributed by atoms with Crippen molar-refractivity contribution in [2.24, 2.45) is 5.73 Å². The van der Waals surface area contributed by atoms with Crippen molar-refractivity contribution in [2.75, 3.05) is 6.61 Å². The molecule has 8 heteroatoms. The van der Waals surface area contributed by atoms with Crippen molar-refractivity contribution in [1.82, 2.24) is 0 Å². The Balaban J connectivity index is 2.71. The molecule has 0 aliphatic heterocycles. The number of hydrogen-bond donors (Lipinski definition) is 1. The van der Waals surface area contributed by atoms with Crippen LogP contribution in [0, 0.1) is 6.92 Å². The van der Waals surface area contributed by atoms with Crippen molar-refractivity contribution in [3.8, 4) is 0 Å². The van der Waals surface area contributed by atoms with Crippen LogP contribution in [0.4, 0.5) is 26.3 Å². The number of aryl methyl sites for hydroxylation is 1. The van der Waals surface area contributed by atoms with Gasteiger partial charge in [0.25, 0.3) is 0 Å². The number of benzene rings is 1. The molecule has 0 aliphatic rings. The predicted octanol–water partition coefficient (Wildman–Crippen LogP) is 3.50. The monoisotopic (exact) mass is 301 g/mol. The SMILES string of the molecule is Cc1ccc(C(N)COC(C(F)(F)F)C(F)(F)F)cc1. The van der Waals surface area contributed by atoms with Crippen LogP contribution in [0.2, 0.25) is 0 Å². The Bertz CT molecular complexity index is 411. The molecule has 114 valence electrons. The van der Waals surface area contributed by atoms with Gasteiger partial charge in [0.05, 0.1) is 12.6 Å². The Morgan fingerprint density at radius 2 is 1.45 bits per heavy atom. The minimum absolute atomic E-state index is 0.402. The van der Waals surface area contributed by atoms with E-state index < -0.39 is 31.1 Å². The number of nitrogens with two attached hydrogens (primary N) is 1. The Morgan fingerprint density at radius 3 is 1.85 bits per heavy atom. The number of alkyl halides is 6. The predicted molar refractivity (Wildman–Crippen MR) is 60.0 cm³/mol. The highest BCUT2D eigenvalue weighted by molar-refractivity contribution is 5.23. The fourth-order valence-corrected chi connectivity index (χ4v) is 1.48. The maximum absolute atomic E-state index is 12.2. The van der Waals surface area contributed by atoms with E-state index in [0.29, 0.717) is 5.56 Å². The lowest BCUT2D eigenvalue weighted by atomic mass is 10.1. The van der Waals surface area contributed by atoms with Gasteiger partial charge >= 0.3 is 12.4 Å². The van der Waals surface area contributed by atoms with E-state index in [0.717, 1.165) is 5.56 Å². The van der Waals surface area contributed by atoms with Crippen LogP contribution < -0.4 is 5.73 Å². The molecule has 0 bridgehead atoms. The lowest BCUT2D eigenvalue weighted by Crippen LogP contribution is -2.45. The molecule has 0 aliphatic carbocycles. The fourth-order valence-electron chi connectivity index (χ4n) is 1.48. The summed E-state index contributed by atoms with van der Waals surface area (Å²) in [4.78, 5) is 0. The Labute approximate surface area is 111 Å². The second kappa shape index (κ2) is 6.01. The first-order valence-corrected chi connectivity index (χ1v) is 5.59. The zero-order valence-corrected chi connectivity index (χ0v) is 10.4. The first-order valence-electron chi connectivity index (χ1n) is 5.59. The van der Waals surface area contributed by atoms with Gasteiger partial charge in [0, 0.05) is 0 Å². The van der Waals surface area contributed by atoms with E-state index in [1.807, 2.05) is 0 Å². The summed E-state index contributed by atoms with van der Waals surface area (Å²) in [5.41, 5.74) is 6.82. The lowest BCUT2D eigenvalue weighted by molar-refractivity contribution is -0.322. The van der Waals surface area contributed by atoms with Crippen LogP contribution in [0.3, 0.4) is 0 Å². The molecule has 1 atom stereocenters. The van der Waals surface area contributed by atoms with E-state index in [-0.39, 0.29) is 0 Å². The van der Waals surface area contributed by atoms with Crippen molar-refractivity contribution >= 4 is 0 Å². The molecule has 2 N–H and O–H groups in total. The molecule has 1 aromatic carbocycles. The third-order valence-electron chi connectivity index (χ3n) is 2.54. The average Bonchev–Trinajstić information content (AvgIpc) is 2.26. The van der Waals surface area contributed by atoms with E-state index in [9.17, 15) is 26.3 Å². The molecule has 1 rings (SSSR count). The van der Waals surface area contributed by atoms with Gasteiger partial charge in [-0.05, 0) is 12.5 Å². The van der Waals surface area contributed by atoms with Crippen molar-refractivity contribution in [3.05, 3.63) is 35.4 Å². The molecule has 0 heterocycles. The van der Waals surface area contributed by atoms with Gasteiger partial charge in [0.2, 0.25) is 6.10 Å². The fraction of sp³-hybridized carbons (Fsp3) is 0.500. The first-order chi connectivity index (χ1) is 9.01. The molecule has 1 aromatic rings. The summed E-state index contributed by atoms with van der Waals surface area (Å²) in [6.45, 7) is 0.905. The molecular weight excluding hydrogens is 288 g/mol. The van der Waals surface area contributed by atoms with Crippen molar-refractivity contribution in [2.45, 2.75) is 31.4 Å². The van der Waals surface area contributed by atoms with Crippen molar-refractivity contribution in [3.63, 3.8) is 0 Å². The maximum atomic E-state index is 12.2. The van der Waals surface area contributed by atoms with Crippen LogP contribution in [0.5, 0.6) is 0 Å². The van der Waals surface area contributed by atoms with Crippen LogP contribution in [0.15, 0.2) is 24.3 Å². The molecule has 0 aromatic heterocycles. The highest BCUT2D eigenvalue weighted by atomic mass is 19.4. The van der Waals surface area contributed by atoms with Gasteiger partial charge in [-0.25, -0.2) is 0 Å². The van der Waals surface area contributed by atoms with Gasteiger partial charge in [-0.2, -0.15) is 26.3 Å². The maximum Gasteiger partial charge on any atom is 0.423 e. The van der Waals surface area contributed by atoms with Crippen LogP contribution in [-0.4, -0.2) is 25.1 Å². The third kappa shape index (κ3) is 4.68. The molecular formula is C12H13F6NO. The van der Waals surface area contributed by atoms with Crippen LogP contribution >= 0.6 is 0 Å². The second-order valence-electron chi connectivity index (χ2n) is 4.31. The molecule has 1 unspecified atom stereocenters. The van der Waals surface area contributed by atoms with E-state index >= 15 is 0 Å². The standard InChI is InChI=1S/C12H13F6NO/c1-7-2-4-8(5-3-7)9(19)6-20-10(11(13,14)15)12(16,17)18/h2-5,9-10H,6,19H2,1H3. The molecule has 0 amide bonds. The molecule has 0 saturated carbocycles. The molecule has 0 radical (unpaired) electrons. The summed E-state index contributed by atoms with van der Waals surface area (Å²) in [6, 6.07) is 5.29. The largest absolute Gasteiger partial charge is 0.423 e. The molecule has 0 saturated heterocycles. The zero-order valence-electron chi connectivity index (χ0n) is 10.4. The summed E-state index contributed by atoms with van der Waals surface area (Å²) in [6.07, 6.45) is -14.9. The Kier molecular flexibility index (Phi) is 5.04. The van der Waals surface area contributed by atoms with Gasteiger partial charge in [-0.15, -0.1) is 0 Å². The van der Waals surface area contributed by atoms with Crippen molar-refractivity contribution < 1.29 is 31.1 Å². The van der Waals surface area contributed by atoms with E-state index in [2.05, 4.69) is 4.74 Å². The molecule has 20 heavy (non-hydrogen) atoms. The summed E-state index contributed by atoms with van der Waals surface area (Å²) in [7, 11) is 0. The molecule has 0 fully saturated rings. The molecule has 2 nitrogen and oxygen atoms in total. The first kappa shape index (κ1) is 16.8. The minimum Gasteiger partial charge on any atom is -0.359 e. The van der Waals surface area contributed by atoms with Gasteiger partial charge in [-0.3, -0.25) is 0 Å². The van der Waals surface area contributed by atoms with Crippen LogP contribution in [0.1, 0.15) is 17.2 Å². The number of ether oxygens (including phenoxy) is 1. The second-order valence-corrected chi connectivity index (χ2v) is 4.31. The highest BCUT2D eigenvalue weighted by Crippen LogP contribution is 2.36. The highest BCUT2D eigenvalue weighted by Gasteiger charge is 2.58. The third-order valence-corrected chi connectivity index (χ3v) is 2.54.